The molecule has 6 nitrogen and oxygen atoms in total. The first-order valence-corrected chi connectivity index (χ1v) is 7.37. The van der Waals surface area contributed by atoms with Crippen molar-refractivity contribution in [1.82, 2.24) is 5.32 Å². The molecule has 0 radical (unpaired) electrons. The van der Waals surface area contributed by atoms with E-state index in [1.165, 1.54) is 12.1 Å². The average Bonchev–Trinajstić information content (AvgIpc) is 2.82. The summed E-state index contributed by atoms with van der Waals surface area (Å²) >= 11 is 0. The first-order chi connectivity index (χ1) is 9.36. The first-order valence-electron chi connectivity index (χ1n) is 5.82. The number of benzene rings is 1. The number of primary sulfonamides is 1. The predicted octanol–water partition coefficient (Wildman–Crippen LogP) is 1.17. The van der Waals surface area contributed by atoms with E-state index in [1.807, 2.05) is 0 Å². The average molecular weight is 294 g/mol. The Bertz CT molecular complexity index is 717. The second-order valence-electron chi connectivity index (χ2n) is 4.28. The fourth-order valence-electron chi connectivity index (χ4n) is 1.62. The Morgan fingerprint density at radius 2 is 1.85 bits per heavy atom. The Hall–Kier alpha value is -2.12. The molecule has 0 saturated heterocycles. The topological polar surface area (TPSA) is 102 Å². The molecule has 0 aliphatic heterocycles. The number of furan rings is 1. The number of rotatable bonds is 4. The van der Waals surface area contributed by atoms with Crippen molar-refractivity contribution in [2.45, 2.75) is 18.4 Å². The van der Waals surface area contributed by atoms with Gasteiger partial charge in [0.2, 0.25) is 10.0 Å². The summed E-state index contributed by atoms with van der Waals surface area (Å²) in [4.78, 5) is 11.8. The predicted molar refractivity (Wildman–Crippen MR) is 72.4 cm³/mol. The molecule has 0 aliphatic rings. The van der Waals surface area contributed by atoms with Crippen LogP contribution >= 0.6 is 0 Å². The molecule has 0 aliphatic carbocycles. The van der Waals surface area contributed by atoms with Crippen molar-refractivity contribution < 1.29 is 17.6 Å². The van der Waals surface area contributed by atoms with E-state index in [-0.39, 0.29) is 23.1 Å². The number of carbonyl (C=O) groups excluding carboxylic acids is 1. The number of hydrogen-bond donors (Lipinski definition) is 2. The summed E-state index contributed by atoms with van der Waals surface area (Å²) in [5.41, 5.74) is 0.758. The van der Waals surface area contributed by atoms with Crippen LogP contribution in [0.25, 0.3) is 0 Å². The molecule has 1 amide bonds. The zero-order valence-electron chi connectivity index (χ0n) is 10.8. The lowest BCUT2D eigenvalue weighted by Crippen LogP contribution is -2.22. The minimum absolute atomic E-state index is 0.0363. The number of nitrogens with two attached hydrogens (primary N) is 1. The highest BCUT2D eigenvalue weighted by molar-refractivity contribution is 7.89. The third-order valence-electron chi connectivity index (χ3n) is 2.67. The van der Waals surface area contributed by atoms with Gasteiger partial charge in [-0.15, -0.1) is 0 Å². The van der Waals surface area contributed by atoms with E-state index >= 15 is 0 Å². The second kappa shape index (κ2) is 5.48. The molecule has 3 N–H and O–H groups in total. The van der Waals surface area contributed by atoms with Gasteiger partial charge in [0, 0.05) is 6.54 Å². The van der Waals surface area contributed by atoms with Gasteiger partial charge in [-0.3, -0.25) is 4.79 Å². The number of hydrogen-bond acceptors (Lipinski definition) is 4. The van der Waals surface area contributed by atoms with Crippen molar-refractivity contribution in [2.24, 2.45) is 5.14 Å². The molecule has 106 valence electrons. The summed E-state index contributed by atoms with van der Waals surface area (Å²) in [5, 5.41) is 7.67. The molecule has 2 rings (SSSR count). The van der Waals surface area contributed by atoms with Crippen molar-refractivity contribution in [2.75, 3.05) is 0 Å². The molecule has 0 atom stereocenters. The van der Waals surface area contributed by atoms with E-state index in [1.54, 1.807) is 31.2 Å². The van der Waals surface area contributed by atoms with E-state index in [2.05, 4.69) is 5.32 Å². The highest BCUT2D eigenvalue weighted by Crippen LogP contribution is 2.09. The summed E-state index contributed by atoms with van der Waals surface area (Å²) in [6, 6.07) is 9.27. The van der Waals surface area contributed by atoms with E-state index < -0.39 is 10.0 Å². The smallest absolute Gasteiger partial charge is 0.287 e. The lowest BCUT2D eigenvalue weighted by molar-refractivity contribution is 0.0922. The van der Waals surface area contributed by atoms with Gasteiger partial charge in [0.15, 0.2) is 5.76 Å². The lowest BCUT2D eigenvalue weighted by atomic mass is 10.2. The third kappa shape index (κ3) is 3.46. The number of sulfonamides is 1. The SMILES string of the molecule is Cc1ccc(C(=O)NCc2ccc(S(N)(=O)=O)cc2)o1. The van der Waals surface area contributed by atoms with Crippen LogP contribution in [0.1, 0.15) is 21.9 Å². The monoisotopic (exact) mass is 294 g/mol. The van der Waals surface area contributed by atoms with Gasteiger partial charge in [0.25, 0.3) is 5.91 Å². The molecule has 2 aromatic rings. The zero-order valence-corrected chi connectivity index (χ0v) is 11.6. The standard InChI is InChI=1S/C13H14N2O4S/c1-9-2-7-12(19-9)13(16)15-8-10-3-5-11(6-4-10)20(14,17)18/h2-7H,8H2,1H3,(H,15,16)(H2,14,17,18). The maximum absolute atomic E-state index is 11.7. The molecule has 0 spiro atoms. The number of amides is 1. The van der Waals surface area contributed by atoms with Gasteiger partial charge in [0.1, 0.15) is 5.76 Å². The maximum atomic E-state index is 11.7. The Morgan fingerprint density at radius 3 is 2.35 bits per heavy atom. The van der Waals surface area contributed by atoms with Crippen LogP contribution < -0.4 is 10.5 Å². The second-order valence-corrected chi connectivity index (χ2v) is 5.84. The molecule has 1 heterocycles. The van der Waals surface area contributed by atoms with Gasteiger partial charge >= 0.3 is 0 Å². The molecule has 0 unspecified atom stereocenters. The minimum Gasteiger partial charge on any atom is -0.456 e. The summed E-state index contributed by atoms with van der Waals surface area (Å²) < 4.78 is 27.4. The third-order valence-corrected chi connectivity index (χ3v) is 3.60. The molecule has 1 aromatic heterocycles. The van der Waals surface area contributed by atoms with Crippen molar-refractivity contribution in [3.05, 3.63) is 53.5 Å². The molecule has 0 bridgehead atoms. The molecule has 20 heavy (non-hydrogen) atoms. The number of nitrogens with one attached hydrogen (secondary N) is 1. The van der Waals surface area contributed by atoms with Crippen molar-refractivity contribution in [3.8, 4) is 0 Å². The van der Waals surface area contributed by atoms with Crippen LogP contribution in [0.4, 0.5) is 0 Å². The van der Waals surface area contributed by atoms with Gasteiger partial charge in [0.05, 0.1) is 4.90 Å². The first kappa shape index (κ1) is 14.3. The summed E-state index contributed by atoms with van der Waals surface area (Å²) in [7, 11) is -3.69. The van der Waals surface area contributed by atoms with Gasteiger partial charge in [-0.2, -0.15) is 0 Å². The summed E-state index contributed by atoms with van der Waals surface area (Å²) in [6.07, 6.45) is 0. The van der Waals surface area contributed by atoms with Crippen molar-refractivity contribution in [1.29, 1.82) is 0 Å². The van der Waals surface area contributed by atoms with Gasteiger partial charge in [-0.05, 0) is 36.8 Å². The fraction of sp³-hybridized carbons (Fsp3) is 0.154. The van der Waals surface area contributed by atoms with Crippen LogP contribution in [0, 0.1) is 6.92 Å². The molecule has 1 aromatic carbocycles. The van der Waals surface area contributed by atoms with Gasteiger partial charge in [-0.25, -0.2) is 13.6 Å². The summed E-state index contributed by atoms with van der Waals surface area (Å²) in [5.74, 6) is 0.574. The largest absolute Gasteiger partial charge is 0.456 e. The van der Waals surface area contributed by atoms with E-state index in [4.69, 9.17) is 9.56 Å². The van der Waals surface area contributed by atoms with Crippen LogP contribution in [0.2, 0.25) is 0 Å². The van der Waals surface area contributed by atoms with Gasteiger partial charge in [-0.1, -0.05) is 12.1 Å². The highest BCUT2D eigenvalue weighted by atomic mass is 32.2. The van der Waals surface area contributed by atoms with Crippen LogP contribution in [0.3, 0.4) is 0 Å². The van der Waals surface area contributed by atoms with Crippen molar-refractivity contribution in [3.63, 3.8) is 0 Å². The fourth-order valence-corrected chi connectivity index (χ4v) is 2.14. The molecular formula is C13H14N2O4S. The quantitative estimate of drug-likeness (QED) is 0.883. The Kier molecular flexibility index (Phi) is 3.91. The zero-order chi connectivity index (χ0) is 14.8. The number of carbonyl (C=O) groups is 1. The molecule has 7 heteroatoms. The molecule has 0 fully saturated rings. The number of aryl methyl sites for hydroxylation is 1. The van der Waals surface area contributed by atoms with E-state index in [0.29, 0.717) is 5.76 Å². The van der Waals surface area contributed by atoms with Crippen LogP contribution in [-0.2, 0) is 16.6 Å². The Morgan fingerprint density at radius 1 is 1.20 bits per heavy atom. The molecule has 0 saturated carbocycles. The van der Waals surface area contributed by atoms with E-state index in [0.717, 1.165) is 5.56 Å². The van der Waals surface area contributed by atoms with Crippen LogP contribution in [-0.4, -0.2) is 14.3 Å². The Labute approximate surface area is 116 Å². The Balaban J connectivity index is 1.99. The minimum atomic E-state index is -3.69. The normalized spacial score (nSPS) is 11.3. The van der Waals surface area contributed by atoms with Gasteiger partial charge < -0.3 is 9.73 Å². The van der Waals surface area contributed by atoms with Crippen LogP contribution in [0.5, 0.6) is 0 Å². The van der Waals surface area contributed by atoms with E-state index in [9.17, 15) is 13.2 Å². The van der Waals surface area contributed by atoms with Crippen LogP contribution in [0.15, 0.2) is 45.7 Å². The lowest BCUT2D eigenvalue weighted by Gasteiger charge is -2.04. The molecular weight excluding hydrogens is 280 g/mol. The maximum Gasteiger partial charge on any atom is 0.287 e. The van der Waals surface area contributed by atoms with Crippen molar-refractivity contribution >= 4 is 15.9 Å². The summed E-state index contributed by atoms with van der Waals surface area (Å²) in [6.45, 7) is 2.02. The highest BCUT2D eigenvalue weighted by Gasteiger charge is 2.10.